The third-order valence-electron chi connectivity index (χ3n) is 2.04. The summed E-state index contributed by atoms with van der Waals surface area (Å²) in [5, 5.41) is 12.1. The minimum Gasteiger partial charge on any atom is -0.478 e. The van der Waals surface area contributed by atoms with Crippen LogP contribution in [0.4, 0.5) is 0 Å². The van der Waals surface area contributed by atoms with E-state index in [0.29, 0.717) is 5.57 Å². The van der Waals surface area contributed by atoms with E-state index in [0.717, 1.165) is 0 Å². The molecule has 68 valence electrons. The third kappa shape index (κ3) is 1.50. The second kappa shape index (κ2) is 2.33. The smallest absolute Gasteiger partial charge is 0.333 e. The zero-order valence-electron chi connectivity index (χ0n) is 7.93. The first-order chi connectivity index (χ1) is 5.25. The summed E-state index contributed by atoms with van der Waals surface area (Å²) in [5.74, 6) is -0.835. The fourth-order valence-corrected chi connectivity index (χ4v) is 1.78. The summed E-state index contributed by atoms with van der Waals surface area (Å²) in [6, 6.07) is 0. The minimum absolute atomic E-state index is 0.211. The van der Waals surface area contributed by atoms with E-state index in [1.807, 2.05) is 27.7 Å². The molecule has 0 radical (unpaired) electrons. The highest BCUT2D eigenvalue weighted by Crippen LogP contribution is 2.29. The third-order valence-corrected chi connectivity index (χ3v) is 2.04. The maximum atomic E-state index is 10.8. The quantitative estimate of drug-likeness (QED) is 0.619. The number of rotatable bonds is 1. The zero-order valence-corrected chi connectivity index (χ0v) is 7.93. The van der Waals surface area contributed by atoms with E-state index in [1.54, 1.807) is 6.08 Å². The molecular formula is C9H15NO2. The molecule has 0 amide bonds. The highest BCUT2D eigenvalue weighted by atomic mass is 16.4. The summed E-state index contributed by atoms with van der Waals surface area (Å²) in [7, 11) is 0. The number of carboxylic acid groups (broad SMARTS) is 1. The molecule has 1 aliphatic heterocycles. The van der Waals surface area contributed by atoms with Crippen LogP contribution in [0.15, 0.2) is 11.6 Å². The van der Waals surface area contributed by atoms with Gasteiger partial charge in [-0.25, -0.2) is 4.79 Å². The predicted octanol–water partition coefficient (Wildman–Crippen LogP) is 1.16. The summed E-state index contributed by atoms with van der Waals surface area (Å²) < 4.78 is 0. The number of carbonyl (C=O) groups is 1. The molecule has 0 aromatic carbocycles. The van der Waals surface area contributed by atoms with Crippen LogP contribution in [-0.2, 0) is 4.79 Å². The zero-order chi connectivity index (χ0) is 9.57. The average Bonchev–Trinajstić information content (AvgIpc) is 1.99. The first-order valence-electron chi connectivity index (χ1n) is 4.01. The fraction of sp³-hybridized carbons (Fsp3) is 0.667. The van der Waals surface area contributed by atoms with Crippen molar-refractivity contribution in [1.82, 2.24) is 5.32 Å². The lowest BCUT2D eigenvalue weighted by molar-refractivity contribution is -0.133. The van der Waals surface area contributed by atoms with Gasteiger partial charge in [0.2, 0.25) is 0 Å². The lowest BCUT2D eigenvalue weighted by Crippen LogP contribution is -2.46. The molecule has 0 spiro atoms. The Hall–Kier alpha value is -0.830. The lowest BCUT2D eigenvalue weighted by atomic mass is 9.97. The van der Waals surface area contributed by atoms with Crippen molar-refractivity contribution in [1.29, 1.82) is 0 Å². The van der Waals surface area contributed by atoms with Crippen LogP contribution in [0.25, 0.3) is 0 Å². The molecule has 0 aromatic heterocycles. The van der Waals surface area contributed by atoms with E-state index in [4.69, 9.17) is 5.11 Å². The Morgan fingerprint density at radius 1 is 1.42 bits per heavy atom. The Balaban J connectivity index is 3.04. The molecule has 1 rings (SSSR count). The molecule has 3 heteroatoms. The Bertz CT molecular complexity index is 251. The van der Waals surface area contributed by atoms with E-state index < -0.39 is 11.5 Å². The number of nitrogens with one attached hydrogen (secondary N) is 1. The summed E-state index contributed by atoms with van der Waals surface area (Å²) in [4.78, 5) is 10.8. The SMILES string of the molecule is CC1(C)C=C(C(=O)O)C(C)(C)N1. The molecule has 0 saturated heterocycles. The van der Waals surface area contributed by atoms with Crippen molar-refractivity contribution in [3.05, 3.63) is 11.6 Å². The molecule has 0 unspecified atom stereocenters. The maximum Gasteiger partial charge on any atom is 0.333 e. The van der Waals surface area contributed by atoms with Crippen molar-refractivity contribution >= 4 is 5.97 Å². The molecule has 1 heterocycles. The van der Waals surface area contributed by atoms with Gasteiger partial charge in [0.25, 0.3) is 0 Å². The molecule has 1 aliphatic rings. The van der Waals surface area contributed by atoms with Gasteiger partial charge in [0.05, 0.1) is 5.57 Å². The van der Waals surface area contributed by atoms with Crippen molar-refractivity contribution in [2.75, 3.05) is 0 Å². The van der Waals surface area contributed by atoms with E-state index in [-0.39, 0.29) is 5.54 Å². The van der Waals surface area contributed by atoms with Gasteiger partial charge in [0.1, 0.15) is 0 Å². The van der Waals surface area contributed by atoms with Crippen LogP contribution in [0.5, 0.6) is 0 Å². The summed E-state index contributed by atoms with van der Waals surface area (Å²) >= 11 is 0. The Morgan fingerprint density at radius 3 is 2.08 bits per heavy atom. The van der Waals surface area contributed by atoms with Gasteiger partial charge in [0.15, 0.2) is 0 Å². The maximum absolute atomic E-state index is 10.8. The molecule has 12 heavy (non-hydrogen) atoms. The van der Waals surface area contributed by atoms with Crippen LogP contribution in [0, 0.1) is 0 Å². The topological polar surface area (TPSA) is 49.3 Å². The summed E-state index contributed by atoms with van der Waals surface area (Å²) in [6.45, 7) is 7.68. The van der Waals surface area contributed by atoms with Crippen LogP contribution in [0.2, 0.25) is 0 Å². The largest absolute Gasteiger partial charge is 0.478 e. The normalized spacial score (nSPS) is 25.2. The minimum atomic E-state index is -0.835. The van der Waals surface area contributed by atoms with Crippen molar-refractivity contribution in [2.24, 2.45) is 0 Å². The number of aliphatic carboxylic acids is 1. The Labute approximate surface area is 72.5 Å². The highest BCUT2D eigenvalue weighted by molar-refractivity contribution is 5.90. The van der Waals surface area contributed by atoms with Gasteiger partial charge in [-0.3, -0.25) is 5.32 Å². The van der Waals surface area contributed by atoms with Gasteiger partial charge < -0.3 is 5.11 Å². The van der Waals surface area contributed by atoms with E-state index in [2.05, 4.69) is 5.32 Å². The molecule has 0 saturated carbocycles. The Morgan fingerprint density at radius 2 is 1.92 bits per heavy atom. The van der Waals surface area contributed by atoms with Gasteiger partial charge in [-0.15, -0.1) is 0 Å². The van der Waals surface area contributed by atoms with Crippen LogP contribution in [0.1, 0.15) is 27.7 Å². The van der Waals surface area contributed by atoms with Crippen LogP contribution in [-0.4, -0.2) is 22.2 Å². The summed E-state index contributed by atoms with van der Waals surface area (Å²) in [5.41, 5.74) is -0.181. The second-order valence-corrected chi connectivity index (χ2v) is 4.33. The van der Waals surface area contributed by atoms with Crippen molar-refractivity contribution < 1.29 is 9.90 Å². The van der Waals surface area contributed by atoms with Crippen LogP contribution in [0.3, 0.4) is 0 Å². The monoisotopic (exact) mass is 169 g/mol. The number of hydrogen-bond donors (Lipinski definition) is 2. The number of carboxylic acids is 1. The first-order valence-corrected chi connectivity index (χ1v) is 4.01. The molecule has 0 fully saturated rings. The molecule has 3 nitrogen and oxygen atoms in total. The van der Waals surface area contributed by atoms with Crippen molar-refractivity contribution in [3.63, 3.8) is 0 Å². The number of hydrogen-bond acceptors (Lipinski definition) is 2. The van der Waals surface area contributed by atoms with Crippen molar-refractivity contribution in [3.8, 4) is 0 Å². The molecule has 0 bridgehead atoms. The Kier molecular flexibility index (Phi) is 1.80. The van der Waals surface area contributed by atoms with Gasteiger partial charge in [0, 0.05) is 11.1 Å². The average molecular weight is 169 g/mol. The van der Waals surface area contributed by atoms with Crippen LogP contribution >= 0.6 is 0 Å². The second-order valence-electron chi connectivity index (χ2n) is 4.33. The van der Waals surface area contributed by atoms with Gasteiger partial charge in [-0.2, -0.15) is 0 Å². The van der Waals surface area contributed by atoms with Crippen molar-refractivity contribution in [2.45, 2.75) is 38.8 Å². The van der Waals surface area contributed by atoms with Gasteiger partial charge in [-0.05, 0) is 27.7 Å². The summed E-state index contributed by atoms with van der Waals surface area (Å²) in [6.07, 6.45) is 1.77. The molecule has 0 aliphatic carbocycles. The predicted molar refractivity (Wildman–Crippen MR) is 47.0 cm³/mol. The lowest BCUT2D eigenvalue weighted by Gasteiger charge is -2.26. The highest BCUT2D eigenvalue weighted by Gasteiger charge is 2.39. The van der Waals surface area contributed by atoms with Gasteiger partial charge >= 0.3 is 5.97 Å². The molecule has 0 aromatic rings. The molecule has 0 atom stereocenters. The van der Waals surface area contributed by atoms with Gasteiger partial charge in [-0.1, -0.05) is 6.08 Å². The first kappa shape index (κ1) is 9.26. The molecular weight excluding hydrogens is 154 g/mol. The molecule has 2 N–H and O–H groups in total. The van der Waals surface area contributed by atoms with E-state index in [1.165, 1.54) is 0 Å². The standard InChI is InChI=1S/C9H15NO2/c1-8(2)5-6(7(11)12)9(3,4)10-8/h5,10H,1-4H3,(H,11,12). The van der Waals surface area contributed by atoms with Crippen LogP contribution < -0.4 is 5.32 Å². The fourth-order valence-electron chi connectivity index (χ4n) is 1.78. The van der Waals surface area contributed by atoms with E-state index >= 15 is 0 Å². The van der Waals surface area contributed by atoms with E-state index in [9.17, 15) is 4.79 Å².